The van der Waals surface area contributed by atoms with E-state index in [-0.39, 0.29) is 0 Å². The lowest BCUT2D eigenvalue weighted by Gasteiger charge is -2.00. The lowest BCUT2D eigenvalue weighted by molar-refractivity contribution is -0.132. The van der Waals surface area contributed by atoms with Crippen LogP contribution in [0.15, 0.2) is 35.9 Å². The van der Waals surface area contributed by atoms with E-state index in [0.29, 0.717) is 5.57 Å². The van der Waals surface area contributed by atoms with Gasteiger partial charge in [-0.05, 0) is 32.3 Å². The highest BCUT2D eigenvalue weighted by Crippen LogP contribution is 2.07. The van der Waals surface area contributed by atoms with Gasteiger partial charge in [-0.15, -0.1) is 0 Å². The number of rotatable bonds is 4. The number of aryl methyl sites for hydroxylation is 2. The molecule has 0 unspecified atom stereocenters. The molecule has 0 bridgehead atoms. The number of carboxylic acids is 1. The van der Waals surface area contributed by atoms with Crippen LogP contribution in [0.2, 0.25) is 0 Å². The topological polar surface area (TPSA) is 37.3 Å². The number of benzene rings is 1. The van der Waals surface area contributed by atoms with Crippen LogP contribution in [0.1, 0.15) is 24.5 Å². The van der Waals surface area contributed by atoms with Crippen molar-refractivity contribution in [2.45, 2.75) is 26.7 Å². The Kier molecular flexibility index (Phi) is 4.10. The molecule has 0 heterocycles. The summed E-state index contributed by atoms with van der Waals surface area (Å²) in [5.74, 6) is -0.834. The molecule has 1 aromatic carbocycles. The fourth-order valence-corrected chi connectivity index (χ4v) is 1.41. The smallest absolute Gasteiger partial charge is 0.330 e. The summed E-state index contributed by atoms with van der Waals surface area (Å²) in [4.78, 5) is 10.5. The van der Waals surface area contributed by atoms with Crippen LogP contribution in [-0.4, -0.2) is 11.1 Å². The van der Waals surface area contributed by atoms with Gasteiger partial charge in [0.05, 0.1) is 0 Å². The predicted octanol–water partition coefficient (Wildman–Crippen LogP) is 2.96. The molecular weight excluding hydrogens is 188 g/mol. The van der Waals surface area contributed by atoms with Crippen molar-refractivity contribution in [1.29, 1.82) is 0 Å². The van der Waals surface area contributed by atoms with Gasteiger partial charge in [0, 0.05) is 5.57 Å². The monoisotopic (exact) mass is 204 g/mol. The van der Waals surface area contributed by atoms with E-state index in [1.54, 1.807) is 13.0 Å². The molecule has 1 aromatic rings. The zero-order chi connectivity index (χ0) is 11.3. The van der Waals surface area contributed by atoms with E-state index in [9.17, 15) is 4.79 Å². The van der Waals surface area contributed by atoms with Gasteiger partial charge < -0.3 is 5.11 Å². The maximum Gasteiger partial charge on any atom is 0.330 e. The van der Waals surface area contributed by atoms with E-state index < -0.39 is 5.97 Å². The van der Waals surface area contributed by atoms with E-state index >= 15 is 0 Å². The summed E-state index contributed by atoms with van der Waals surface area (Å²) in [6.07, 6.45) is 3.44. The minimum atomic E-state index is -0.834. The molecular formula is C13H16O2. The van der Waals surface area contributed by atoms with Crippen LogP contribution < -0.4 is 0 Å². The van der Waals surface area contributed by atoms with Crippen LogP contribution in [0.4, 0.5) is 0 Å². The van der Waals surface area contributed by atoms with Gasteiger partial charge in [0.15, 0.2) is 0 Å². The summed E-state index contributed by atoms with van der Waals surface area (Å²) < 4.78 is 0. The molecule has 80 valence electrons. The van der Waals surface area contributed by atoms with E-state index in [0.717, 1.165) is 12.8 Å². The molecule has 0 spiro atoms. The summed E-state index contributed by atoms with van der Waals surface area (Å²) in [5, 5.41) is 8.66. The Balaban J connectivity index is 2.51. The molecule has 0 aliphatic carbocycles. The third kappa shape index (κ3) is 3.98. The molecule has 0 atom stereocenters. The summed E-state index contributed by atoms with van der Waals surface area (Å²) in [6, 6.07) is 8.28. The molecule has 1 N–H and O–H groups in total. The Bertz CT molecular complexity index is 378. The van der Waals surface area contributed by atoms with Gasteiger partial charge in [0.25, 0.3) is 0 Å². The maximum absolute atomic E-state index is 10.5. The zero-order valence-corrected chi connectivity index (χ0v) is 9.16. The van der Waals surface area contributed by atoms with Gasteiger partial charge in [-0.1, -0.05) is 35.9 Å². The number of hydrogen-bond acceptors (Lipinski definition) is 1. The highest BCUT2D eigenvalue weighted by Gasteiger charge is 1.98. The van der Waals surface area contributed by atoms with Crippen molar-refractivity contribution in [3.8, 4) is 0 Å². The minimum Gasteiger partial charge on any atom is -0.478 e. The lowest BCUT2D eigenvalue weighted by atomic mass is 10.1. The average Bonchev–Trinajstić information content (AvgIpc) is 2.17. The van der Waals surface area contributed by atoms with Gasteiger partial charge >= 0.3 is 5.97 Å². The fourth-order valence-electron chi connectivity index (χ4n) is 1.41. The number of carbonyl (C=O) groups is 1. The van der Waals surface area contributed by atoms with E-state index in [2.05, 4.69) is 25.1 Å². The van der Waals surface area contributed by atoms with Crippen LogP contribution >= 0.6 is 0 Å². The number of carboxylic acid groups (broad SMARTS) is 1. The Morgan fingerprint density at radius 3 is 2.80 bits per heavy atom. The molecule has 0 aliphatic heterocycles. The molecule has 0 aromatic heterocycles. The lowest BCUT2D eigenvalue weighted by Crippen LogP contribution is -1.96. The maximum atomic E-state index is 10.5. The summed E-state index contributed by atoms with van der Waals surface area (Å²) in [7, 11) is 0. The van der Waals surface area contributed by atoms with Gasteiger partial charge in [-0.3, -0.25) is 0 Å². The third-order valence-corrected chi connectivity index (χ3v) is 2.30. The van der Waals surface area contributed by atoms with Crippen LogP contribution in [0.5, 0.6) is 0 Å². The third-order valence-electron chi connectivity index (χ3n) is 2.30. The van der Waals surface area contributed by atoms with E-state index in [4.69, 9.17) is 5.11 Å². The van der Waals surface area contributed by atoms with Crippen molar-refractivity contribution in [3.63, 3.8) is 0 Å². The second kappa shape index (κ2) is 5.35. The molecule has 0 radical (unpaired) electrons. The van der Waals surface area contributed by atoms with Crippen LogP contribution in [-0.2, 0) is 11.2 Å². The molecule has 2 nitrogen and oxygen atoms in total. The van der Waals surface area contributed by atoms with Gasteiger partial charge in [-0.2, -0.15) is 0 Å². The Labute approximate surface area is 90.3 Å². The first-order valence-corrected chi connectivity index (χ1v) is 5.05. The van der Waals surface area contributed by atoms with E-state index in [1.807, 2.05) is 6.07 Å². The van der Waals surface area contributed by atoms with Crippen LogP contribution in [0.25, 0.3) is 0 Å². The molecule has 0 aliphatic rings. The second-order valence-electron chi connectivity index (χ2n) is 3.72. The average molecular weight is 204 g/mol. The van der Waals surface area contributed by atoms with Crippen LogP contribution in [0, 0.1) is 6.92 Å². The Morgan fingerprint density at radius 1 is 1.47 bits per heavy atom. The van der Waals surface area contributed by atoms with Gasteiger partial charge in [0.1, 0.15) is 0 Å². The number of allylic oxidation sites excluding steroid dienone is 1. The zero-order valence-electron chi connectivity index (χ0n) is 9.16. The first-order valence-electron chi connectivity index (χ1n) is 5.05. The normalized spacial score (nSPS) is 11.5. The largest absolute Gasteiger partial charge is 0.478 e. The molecule has 1 rings (SSSR count). The SMILES string of the molecule is CC(=CCCc1cccc(C)c1)C(=O)O. The molecule has 0 saturated heterocycles. The van der Waals surface area contributed by atoms with Crippen molar-refractivity contribution in [2.75, 3.05) is 0 Å². The summed E-state index contributed by atoms with van der Waals surface area (Å²) in [6.45, 7) is 3.68. The highest BCUT2D eigenvalue weighted by molar-refractivity contribution is 5.85. The van der Waals surface area contributed by atoms with Gasteiger partial charge in [-0.25, -0.2) is 4.79 Å². The number of aliphatic carboxylic acids is 1. The fraction of sp³-hybridized carbons (Fsp3) is 0.308. The molecule has 0 saturated carbocycles. The summed E-state index contributed by atoms with van der Waals surface area (Å²) in [5.41, 5.74) is 2.92. The molecule has 2 heteroatoms. The Hall–Kier alpha value is -1.57. The quantitative estimate of drug-likeness (QED) is 0.765. The summed E-state index contributed by atoms with van der Waals surface area (Å²) >= 11 is 0. The molecule has 0 amide bonds. The van der Waals surface area contributed by atoms with Gasteiger partial charge in [0.2, 0.25) is 0 Å². The number of hydrogen-bond donors (Lipinski definition) is 1. The predicted molar refractivity (Wildman–Crippen MR) is 60.9 cm³/mol. The highest BCUT2D eigenvalue weighted by atomic mass is 16.4. The van der Waals surface area contributed by atoms with Crippen molar-refractivity contribution < 1.29 is 9.90 Å². The van der Waals surface area contributed by atoms with Crippen molar-refractivity contribution in [3.05, 3.63) is 47.0 Å². The molecule has 0 fully saturated rings. The first-order chi connectivity index (χ1) is 7.09. The molecule has 15 heavy (non-hydrogen) atoms. The second-order valence-corrected chi connectivity index (χ2v) is 3.72. The Morgan fingerprint density at radius 2 is 2.20 bits per heavy atom. The minimum absolute atomic E-state index is 0.419. The van der Waals surface area contributed by atoms with Crippen molar-refractivity contribution >= 4 is 5.97 Å². The van der Waals surface area contributed by atoms with E-state index in [1.165, 1.54) is 11.1 Å². The van der Waals surface area contributed by atoms with Crippen molar-refractivity contribution in [1.82, 2.24) is 0 Å². The first kappa shape index (κ1) is 11.5. The standard InChI is InChI=1S/C13H16O2/c1-10-5-3-7-12(9-10)8-4-6-11(2)13(14)15/h3,5-7,9H,4,8H2,1-2H3,(H,14,15). The van der Waals surface area contributed by atoms with Crippen molar-refractivity contribution in [2.24, 2.45) is 0 Å². The van der Waals surface area contributed by atoms with Crippen LogP contribution in [0.3, 0.4) is 0 Å².